The van der Waals surface area contributed by atoms with Gasteiger partial charge >= 0.3 is 0 Å². The second-order valence-electron chi connectivity index (χ2n) is 28.8. The van der Waals surface area contributed by atoms with Crippen LogP contribution in [0.5, 0.6) is 0 Å². The van der Waals surface area contributed by atoms with Crippen LogP contribution in [0.25, 0.3) is 110 Å². The third-order valence-electron chi connectivity index (χ3n) is 19.9. The van der Waals surface area contributed by atoms with Gasteiger partial charge in [-0.2, -0.15) is 0 Å². The normalized spacial score (nSPS) is 15.1. The summed E-state index contributed by atoms with van der Waals surface area (Å²) in [4.78, 5) is 4.62. The molecule has 0 radical (unpaired) electrons. The molecule has 96 heavy (non-hydrogen) atoms. The van der Waals surface area contributed by atoms with E-state index in [4.69, 9.17) is 14.0 Å². The van der Waals surface area contributed by atoms with E-state index in [0.717, 1.165) is 94.4 Å². The van der Waals surface area contributed by atoms with Gasteiger partial charge in [0.05, 0.1) is 51.3 Å². The Morgan fingerprint density at radius 3 is 1.39 bits per heavy atom. The first kappa shape index (κ1) is 45.3. The number of fused-ring (bicyclic) bond motifs is 13. The Morgan fingerprint density at radius 2 is 0.812 bits per heavy atom. The lowest BCUT2D eigenvalue weighted by Crippen LogP contribution is -2.61. The summed E-state index contributed by atoms with van der Waals surface area (Å²) in [6.07, 6.45) is 0. The van der Waals surface area contributed by atoms with Crippen LogP contribution in [0.2, 0.25) is 0 Å². The summed E-state index contributed by atoms with van der Waals surface area (Å²) in [7, 11) is 0. The molecule has 16 aromatic rings. The van der Waals surface area contributed by atoms with Gasteiger partial charge in [-0.15, -0.1) is 0 Å². The minimum atomic E-state index is -0.551. The smallest absolute Gasteiger partial charge is 0.252 e. The van der Waals surface area contributed by atoms with Crippen LogP contribution in [0, 0.1) is 0 Å². The third-order valence-corrected chi connectivity index (χ3v) is 19.9. The van der Waals surface area contributed by atoms with Crippen LogP contribution in [0.3, 0.4) is 0 Å². The van der Waals surface area contributed by atoms with Crippen LogP contribution in [0.1, 0.15) is 96.8 Å². The van der Waals surface area contributed by atoms with E-state index >= 15 is 0 Å². The van der Waals surface area contributed by atoms with Gasteiger partial charge in [-0.25, -0.2) is 0 Å². The summed E-state index contributed by atoms with van der Waals surface area (Å²) >= 11 is 0. The Balaban J connectivity index is 0.969. The van der Waals surface area contributed by atoms with Gasteiger partial charge in [0.15, 0.2) is 11.2 Å². The molecule has 6 heteroatoms. The Labute approximate surface area is 580 Å². The van der Waals surface area contributed by atoms with E-state index in [1.54, 1.807) is 12.1 Å². The number of aromatic nitrogens is 2. The highest BCUT2D eigenvalue weighted by Gasteiger charge is 2.45. The highest BCUT2D eigenvalue weighted by Crippen LogP contribution is 2.52. The van der Waals surface area contributed by atoms with Crippen LogP contribution in [-0.4, -0.2) is 15.8 Å². The average molecular weight is 1250 g/mol. The lowest BCUT2D eigenvalue weighted by atomic mass is 9.33. The fourth-order valence-corrected chi connectivity index (χ4v) is 15.0. The van der Waals surface area contributed by atoms with E-state index in [0.29, 0.717) is 33.3 Å². The van der Waals surface area contributed by atoms with Crippen LogP contribution in [-0.2, 0) is 16.2 Å². The first-order chi connectivity index (χ1) is 51.9. The molecule has 0 bridgehead atoms. The fraction of sp³-hybridized carbons (Fsp3) is 0.133. The maximum absolute atomic E-state index is 9.51. The molecule has 18 rings (SSSR count). The van der Waals surface area contributed by atoms with Crippen molar-refractivity contribution in [2.45, 2.75) is 78.6 Å². The predicted octanol–water partition coefficient (Wildman–Crippen LogP) is 22.8. The Bertz CT molecular complexity index is 6450. The molecule has 0 saturated carbocycles. The van der Waals surface area contributed by atoms with Gasteiger partial charge in [0.25, 0.3) is 6.71 Å². The third kappa shape index (κ3) is 8.98. The van der Waals surface area contributed by atoms with Crippen LogP contribution < -0.4 is 26.2 Å². The number of hydrogen-bond acceptors (Lipinski definition) is 3. The molecular weight excluding hydrogens is 1160 g/mol. The molecule has 5 nitrogen and oxygen atoms in total. The van der Waals surface area contributed by atoms with Gasteiger partial charge in [-0.1, -0.05) is 244 Å². The largest absolute Gasteiger partial charge is 0.452 e. The maximum atomic E-state index is 9.51. The van der Waals surface area contributed by atoms with E-state index in [1.165, 1.54) is 15.7 Å². The zero-order valence-corrected chi connectivity index (χ0v) is 54.8. The van der Waals surface area contributed by atoms with Gasteiger partial charge in [0.2, 0.25) is 0 Å². The molecule has 0 N–H and O–H groups in total. The molecule has 0 unspecified atom stereocenters. The van der Waals surface area contributed by atoms with Crippen LogP contribution in [0.4, 0.5) is 34.1 Å². The average Bonchev–Trinajstić information content (AvgIpc) is 1.30. The zero-order valence-electron chi connectivity index (χ0n) is 67.8. The standard InChI is InChI=1S/C90H73BN4O/c1-88(2,3)62-40-45-77-71(51-62)72-52-63(89(4,5)6)41-46-78(72)92(77)65-42-44-74-82(55-65)93(66-48-60(57-27-15-11-16-28-57)47-61(49-66)58-29-17-12-18-30-58)83-53-64(90(7,8)9)54-84-85(83)91(74)73-43-39-59(56-25-13-10-14-26-56)50-81(73)95(84)80-38-24-34-70-69-33-23-37-79(86(69)96-87(70)80)94-75-35-21-19-31-67(75)68-32-20-22-36-76(68)94/h10-55H,1-9H3/i10D,13D,14D,19D,20D,21D,22D,25D,26D,31D,32D,35D,36D. The number of hydrogen-bond donors (Lipinski definition) is 0. The van der Waals surface area contributed by atoms with Gasteiger partial charge < -0.3 is 23.4 Å². The van der Waals surface area contributed by atoms with Crippen LogP contribution in [0.15, 0.2) is 283 Å². The molecule has 0 spiro atoms. The van der Waals surface area contributed by atoms with Gasteiger partial charge in [-0.3, -0.25) is 0 Å². The van der Waals surface area contributed by atoms with Crippen molar-refractivity contribution in [2.24, 2.45) is 0 Å². The summed E-state index contributed by atoms with van der Waals surface area (Å²) in [5.74, 6) is 0. The fourth-order valence-electron chi connectivity index (χ4n) is 15.0. The summed E-state index contributed by atoms with van der Waals surface area (Å²) < 4.78 is 130. The SMILES string of the molecule is [2H]c1c([2H])c([2H])c(-c2ccc3c(c2)N(c2cccc4c2oc2c(-n5c6c([2H])c([2H])c([2H])c([2H])c6c6c([2H])c([2H])c([2H])c([2H])c65)cccc24)c2cc(C(C)(C)C)cc4c2B3c2ccc(-n3c5ccc(C(C)(C)C)cc5c5cc(C(C)(C)C)ccc53)cc2N4c2cc(-c3ccccc3)cc(-c3ccccc3)c2)c([2H])c1[2H]. The number of para-hydroxylation sites is 4. The van der Waals surface area contributed by atoms with Crippen molar-refractivity contribution in [2.75, 3.05) is 9.80 Å². The molecule has 462 valence electrons. The van der Waals surface area contributed by atoms with E-state index in [-0.39, 0.29) is 61.6 Å². The Hall–Kier alpha value is -11.1. The van der Waals surface area contributed by atoms with E-state index in [1.807, 2.05) is 54.6 Å². The van der Waals surface area contributed by atoms with Gasteiger partial charge in [0.1, 0.15) is 0 Å². The molecule has 5 heterocycles. The van der Waals surface area contributed by atoms with Gasteiger partial charge in [0, 0.05) is 66.4 Å². The summed E-state index contributed by atoms with van der Waals surface area (Å²) in [5, 5.41) is 3.42. The topological polar surface area (TPSA) is 29.5 Å². The monoisotopic (exact) mass is 1250 g/mol. The second kappa shape index (κ2) is 21.2. The van der Waals surface area contributed by atoms with Crippen molar-refractivity contribution in [3.8, 4) is 44.8 Å². The van der Waals surface area contributed by atoms with Crippen molar-refractivity contribution in [1.29, 1.82) is 0 Å². The van der Waals surface area contributed by atoms with E-state index < -0.39 is 78.6 Å². The molecule has 2 aliphatic heterocycles. The molecule has 0 atom stereocenters. The molecule has 0 saturated heterocycles. The minimum absolute atomic E-state index is 0.0279. The molecule has 0 fully saturated rings. The van der Waals surface area contributed by atoms with Crippen molar-refractivity contribution < 1.29 is 22.2 Å². The van der Waals surface area contributed by atoms with E-state index in [9.17, 15) is 8.22 Å². The first-order valence-electron chi connectivity index (χ1n) is 39.4. The number of furan rings is 1. The van der Waals surface area contributed by atoms with Crippen molar-refractivity contribution >= 4 is 123 Å². The molecule has 3 aromatic heterocycles. The van der Waals surface area contributed by atoms with Gasteiger partial charge in [-0.05, 0) is 180 Å². The summed E-state index contributed by atoms with van der Waals surface area (Å²) in [5.41, 5.74) is 18.5. The second-order valence-corrected chi connectivity index (χ2v) is 28.8. The number of benzene rings is 13. The number of rotatable bonds is 7. The molecule has 0 aliphatic carbocycles. The van der Waals surface area contributed by atoms with Crippen molar-refractivity contribution in [1.82, 2.24) is 9.13 Å². The molecule has 0 amide bonds. The number of anilines is 6. The lowest BCUT2D eigenvalue weighted by molar-refractivity contribution is 0.590. The molecule has 2 aliphatic rings. The zero-order chi connectivity index (χ0) is 76.4. The molecule has 13 aromatic carbocycles. The molecular formula is C90H73BN4O. The number of nitrogens with zero attached hydrogens (tertiary/aromatic N) is 4. The first-order valence-corrected chi connectivity index (χ1v) is 32.9. The highest BCUT2D eigenvalue weighted by molar-refractivity contribution is 7.00. The predicted molar refractivity (Wildman–Crippen MR) is 409 cm³/mol. The summed E-state index contributed by atoms with van der Waals surface area (Å²) in [6, 6.07) is 64.0. The highest BCUT2D eigenvalue weighted by atomic mass is 16.3. The Kier molecular flexibility index (Phi) is 10.0. The Morgan fingerprint density at radius 1 is 0.302 bits per heavy atom. The quantitative estimate of drug-likeness (QED) is 0.149. The summed E-state index contributed by atoms with van der Waals surface area (Å²) in [6.45, 7) is 19.6. The van der Waals surface area contributed by atoms with Crippen molar-refractivity contribution in [3.05, 3.63) is 295 Å². The van der Waals surface area contributed by atoms with Crippen LogP contribution >= 0.6 is 0 Å². The lowest BCUT2D eigenvalue weighted by Gasteiger charge is -2.45. The minimum Gasteiger partial charge on any atom is -0.452 e. The maximum Gasteiger partial charge on any atom is 0.252 e. The van der Waals surface area contributed by atoms with E-state index in [2.05, 4.69) is 210 Å². The van der Waals surface area contributed by atoms with Crippen molar-refractivity contribution in [3.63, 3.8) is 0 Å².